The molecule has 0 aliphatic heterocycles. The molecule has 0 aliphatic rings. The zero-order chi connectivity index (χ0) is 15.8. The third kappa shape index (κ3) is 6.43. The fourth-order valence-corrected chi connectivity index (χ4v) is 1.99. The Bertz CT molecular complexity index is 613. The van der Waals surface area contributed by atoms with Gasteiger partial charge in [-0.05, 0) is 17.7 Å². The molecule has 0 atom stereocenters. The normalized spacial score (nSPS) is 10.7. The van der Waals surface area contributed by atoms with Crippen molar-refractivity contribution in [3.63, 3.8) is 0 Å². The van der Waals surface area contributed by atoms with E-state index < -0.39 is 0 Å². The van der Waals surface area contributed by atoms with Crippen molar-refractivity contribution in [3.05, 3.63) is 59.8 Å². The van der Waals surface area contributed by atoms with Crippen LogP contribution in [0.25, 0.3) is 0 Å². The Morgan fingerprint density at radius 2 is 1.70 bits per heavy atom. The van der Waals surface area contributed by atoms with Gasteiger partial charge < -0.3 is 15.5 Å². The van der Waals surface area contributed by atoms with Crippen molar-refractivity contribution in [2.24, 2.45) is 4.99 Å². The van der Waals surface area contributed by atoms with Crippen LogP contribution in [0.15, 0.2) is 53.5 Å². The first-order valence-corrected chi connectivity index (χ1v) is 7.30. The molecule has 1 aromatic heterocycles. The molecule has 0 fully saturated rings. The lowest BCUT2D eigenvalue weighted by Gasteiger charge is -2.14. The van der Waals surface area contributed by atoms with Gasteiger partial charge in [-0.15, -0.1) is 24.0 Å². The summed E-state index contributed by atoms with van der Waals surface area (Å²) >= 11 is 0. The van der Waals surface area contributed by atoms with E-state index in [1.807, 2.05) is 55.4 Å². The first-order chi connectivity index (χ1) is 10.7. The standard InChI is InChI=1S/C17H23N5.HI/c1-18-17(19-12-14-8-5-4-6-9-14)20-13-15-10-7-11-16(21-15)22(2)3;/h4-11H,12-13H2,1-3H3,(H2,18,19,20);1H. The number of aliphatic imine (C=N–C) groups is 1. The minimum Gasteiger partial charge on any atom is -0.363 e. The van der Waals surface area contributed by atoms with E-state index in [-0.39, 0.29) is 24.0 Å². The number of nitrogens with zero attached hydrogens (tertiary/aromatic N) is 3. The number of anilines is 1. The van der Waals surface area contributed by atoms with Crippen LogP contribution in [0.1, 0.15) is 11.3 Å². The molecule has 1 heterocycles. The number of halogens is 1. The van der Waals surface area contributed by atoms with Crippen molar-refractivity contribution in [3.8, 4) is 0 Å². The molecule has 23 heavy (non-hydrogen) atoms. The fraction of sp³-hybridized carbons (Fsp3) is 0.294. The predicted molar refractivity (Wildman–Crippen MR) is 107 cm³/mol. The molecule has 0 aliphatic carbocycles. The molecule has 5 nitrogen and oxygen atoms in total. The number of benzene rings is 1. The number of hydrogen-bond donors (Lipinski definition) is 2. The number of rotatable bonds is 5. The minimum atomic E-state index is 0. The highest BCUT2D eigenvalue weighted by Crippen LogP contribution is 2.07. The fourth-order valence-electron chi connectivity index (χ4n) is 1.99. The lowest BCUT2D eigenvalue weighted by molar-refractivity contribution is 0.793. The van der Waals surface area contributed by atoms with Crippen LogP contribution in [0.2, 0.25) is 0 Å². The van der Waals surface area contributed by atoms with Crippen LogP contribution in [-0.2, 0) is 13.1 Å². The van der Waals surface area contributed by atoms with Crippen molar-refractivity contribution in [1.82, 2.24) is 15.6 Å². The van der Waals surface area contributed by atoms with Gasteiger partial charge in [0.15, 0.2) is 5.96 Å². The Morgan fingerprint density at radius 3 is 2.35 bits per heavy atom. The summed E-state index contributed by atoms with van der Waals surface area (Å²) in [6.07, 6.45) is 0. The summed E-state index contributed by atoms with van der Waals surface area (Å²) < 4.78 is 0. The van der Waals surface area contributed by atoms with Crippen LogP contribution in [0.5, 0.6) is 0 Å². The number of hydrogen-bond acceptors (Lipinski definition) is 3. The molecule has 0 unspecified atom stereocenters. The highest BCUT2D eigenvalue weighted by molar-refractivity contribution is 14.0. The second-order valence-electron chi connectivity index (χ2n) is 5.15. The maximum atomic E-state index is 4.58. The van der Waals surface area contributed by atoms with E-state index in [1.165, 1.54) is 5.56 Å². The van der Waals surface area contributed by atoms with E-state index in [0.717, 1.165) is 24.0 Å². The zero-order valence-electron chi connectivity index (χ0n) is 13.8. The molecular formula is C17H24IN5. The summed E-state index contributed by atoms with van der Waals surface area (Å²) in [5.41, 5.74) is 2.20. The lowest BCUT2D eigenvalue weighted by atomic mass is 10.2. The molecule has 0 saturated heterocycles. The first kappa shape index (κ1) is 19.2. The first-order valence-electron chi connectivity index (χ1n) is 7.30. The van der Waals surface area contributed by atoms with Gasteiger partial charge in [0.2, 0.25) is 0 Å². The predicted octanol–water partition coefficient (Wildman–Crippen LogP) is 2.63. The molecule has 124 valence electrons. The van der Waals surface area contributed by atoms with Crippen LogP contribution in [0.4, 0.5) is 5.82 Å². The Hall–Kier alpha value is -1.83. The average molecular weight is 425 g/mol. The number of pyridine rings is 1. The van der Waals surface area contributed by atoms with Gasteiger partial charge in [0.25, 0.3) is 0 Å². The van der Waals surface area contributed by atoms with Crippen molar-refractivity contribution in [1.29, 1.82) is 0 Å². The zero-order valence-corrected chi connectivity index (χ0v) is 16.1. The molecule has 2 aromatic rings. The summed E-state index contributed by atoms with van der Waals surface area (Å²) in [6, 6.07) is 16.3. The highest BCUT2D eigenvalue weighted by Gasteiger charge is 2.02. The van der Waals surface area contributed by atoms with Crippen molar-refractivity contribution >= 4 is 35.8 Å². The second-order valence-corrected chi connectivity index (χ2v) is 5.15. The molecule has 0 spiro atoms. The Labute approximate surface area is 155 Å². The summed E-state index contributed by atoms with van der Waals surface area (Å²) in [6.45, 7) is 1.38. The minimum absolute atomic E-state index is 0. The molecule has 0 saturated carbocycles. The van der Waals surface area contributed by atoms with Gasteiger partial charge in [-0.25, -0.2) is 4.98 Å². The summed E-state index contributed by atoms with van der Waals surface area (Å²) in [5, 5.41) is 6.57. The summed E-state index contributed by atoms with van der Waals surface area (Å²) in [7, 11) is 5.74. The van der Waals surface area contributed by atoms with Crippen LogP contribution >= 0.6 is 24.0 Å². The largest absolute Gasteiger partial charge is 0.363 e. The Balaban J connectivity index is 0.00000264. The average Bonchev–Trinajstić information content (AvgIpc) is 2.56. The van der Waals surface area contributed by atoms with E-state index in [2.05, 4.69) is 32.7 Å². The summed E-state index contributed by atoms with van der Waals surface area (Å²) in [4.78, 5) is 10.8. The van der Waals surface area contributed by atoms with Crippen molar-refractivity contribution in [2.45, 2.75) is 13.1 Å². The molecule has 2 N–H and O–H groups in total. The highest BCUT2D eigenvalue weighted by atomic mass is 127. The van der Waals surface area contributed by atoms with Crippen LogP contribution in [-0.4, -0.2) is 32.1 Å². The van der Waals surface area contributed by atoms with Gasteiger partial charge in [0.1, 0.15) is 5.82 Å². The molecule has 0 radical (unpaired) electrons. The molecule has 1 aromatic carbocycles. The number of guanidine groups is 1. The number of aromatic nitrogens is 1. The molecule has 2 rings (SSSR count). The monoisotopic (exact) mass is 425 g/mol. The SMILES string of the molecule is CN=C(NCc1ccccc1)NCc1cccc(N(C)C)n1.I. The molecular weight excluding hydrogens is 401 g/mol. The van der Waals surface area contributed by atoms with Gasteiger partial charge in [-0.2, -0.15) is 0 Å². The topological polar surface area (TPSA) is 52.6 Å². The Kier molecular flexibility index (Phi) is 8.39. The van der Waals surface area contributed by atoms with Gasteiger partial charge >= 0.3 is 0 Å². The van der Waals surface area contributed by atoms with E-state index in [0.29, 0.717) is 6.54 Å². The van der Waals surface area contributed by atoms with Crippen molar-refractivity contribution < 1.29 is 0 Å². The van der Waals surface area contributed by atoms with Gasteiger partial charge in [0, 0.05) is 27.7 Å². The van der Waals surface area contributed by atoms with Gasteiger partial charge in [-0.1, -0.05) is 36.4 Å². The van der Waals surface area contributed by atoms with Crippen LogP contribution in [0.3, 0.4) is 0 Å². The quantitative estimate of drug-likeness (QED) is 0.440. The summed E-state index contributed by atoms with van der Waals surface area (Å²) in [5.74, 6) is 1.72. The van der Waals surface area contributed by atoms with E-state index in [1.54, 1.807) is 7.05 Å². The van der Waals surface area contributed by atoms with Crippen molar-refractivity contribution in [2.75, 3.05) is 26.0 Å². The molecule has 0 bridgehead atoms. The smallest absolute Gasteiger partial charge is 0.191 e. The van der Waals surface area contributed by atoms with E-state index >= 15 is 0 Å². The van der Waals surface area contributed by atoms with Crippen LogP contribution < -0.4 is 15.5 Å². The maximum absolute atomic E-state index is 4.58. The lowest BCUT2D eigenvalue weighted by Crippen LogP contribution is -2.36. The third-order valence-corrected chi connectivity index (χ3v) is 3.21. The second kappa shape index (κ2) is 10.0. The molecule has 6 heteroatoms. The van der Waals surface area contributed by atoms with Crippen LogP contribution in [0, 0.1) is 0 Å². The third-order valence-electron chi connectivity index (χ3n) is 3.21. The van der Waals surface area contributed by atoms with Gasteiger partial charge in [-0.3, -0.25) is 4.99 Å². The maximum Gasteiger partial charge on any atom is 0.191 e. The molecule has 0 amide bonds. The van der Waals surface area contributed by atoms with E-state index in [4.69, 9.17) is 0 Å². The number of nitrogens with one attached hydrogen (secondary N) is 2. The Morgan fingerprint density at radius 1 is 1.00 bits per heavy atom. The van der Waals surface area contributed by atoms with E-state index in [9.17, 15) is 0 Å². The van der Waals surface area contributed by atoms with Gasteiger partial charge in [0.05, 0.1) is 12.2 Å².